The molecule has 2 N–H and O–H groups in total. The van der Waals surface area contributed by atoms with E-state index in [1.54, 1.807) is 18.2 Å². The molecule has 1 unspecified atom stereocenters. The average molecular weight is 461 g/mol. The van der Waals surface area contributed by atoms with Crippen LogP contribution in [0, 0.1) is 0 Å². The first-order valence-corrected chi connectivity index (χ1v) is 11.7. The van der Waals surface area contributed by atoms with Crippen LogP contribution >= 0.6 is 11.6 Å². The summed E-state index contributed by atoms with van der Waals surface area (Å²) in [5.41, 5.74) is 6.57. The minimum absolute atomic E-state index is 0.145. The lowest BCUT2D eigenvalue weighted by Gasteiger charge is -2.17. The molecule has 1 amide bonds. The summed E-state index contributed by atoms with van der Waals surface area (Å²) in [4.78, 5) is 18.2. The van der Waals surface area contributed by atoms with Crippen molar-refractivity contribution >= 4 is 28.9 Å². The molecule has 0 radical (unpaired) electrons. The maximum absolute atomic E-state index is 13.2. The van der Waals surface area contributed by atoms with Crippen LogP contribution in [0.2, 0.25) is 5.02 Å². The largest absolute Gasteiger partial charge is 0.508 e. The quantitative estimate of drug-likeness (QED) is 0.445. The Balaban J connectivity index is 1.80. The number of carbonyl (C=O) groups excluding carboxylic acids is 1. The van der Waals surface area contributed by atoms with Crippen molar-refractivity contribution in [1.82, 2.24) is 0 Å². The Morgan fingerprint density at radius 2 is 1.58 bits per heavy atom. The molecule has 0 aromatic heterocycles. The van der Waals surface area contributed by atoms with E-state index < -0.39 is 6.04 Å². The van der Waals surface area contributed by atoms with Gasteiger partial charge in [0.2, 0.25) is 5.91 Å². The zero-order valence-electron chi connectivity index (χ0n) is 19.4. The fourth-order valence-corrected chi connectivity index (χ4v) is 4.23. The van der Waals surface area contributed by atoms with Gasteiger partial charge < -0.3 is 10.4 Å². The highest BCUT2D eigenvalue weighted by molar-refractivity contribution is 6.32. The number of aliphatic imine (C=N–C) groups is 1. The van der Waals surface area contributed by atoms with Crippen LogP contribution in [-0.2, 0) is 11.2 Å². The first-order valence-electron chi connectivity index (χ1n) is 11.3. The molecule has 0 saturated heterocycles. The number of halogens is 1. The van der Waals surface area contributed by atoms with Gasteiger partial charge in [0.25, 0.3) is 0 Å². The number of anilines is 1. The van der Waals surface area contributed by atoms with E-state index in [9.17, 15) is 9.90 Å². The van der Waals surface area contributed by atoms with Crippen LogP contribution in [0.5, 0.6) is 5.75 Å². The molecule has 1 aliphatic heterocycles. The molecule has 0 fully saturated rings. The molecule has 3 aromatic rings. The molecule has 33 heavy (non-hydrogen) atoms. The maximum Gasteiger partial charge on any atom is 0.249 e. The molecule has 170 valence electrons. The predicted octanol–water partition coefficient (Wildman–Crippen LogP) is 6.69. The number of nitrogens with one attached hydrogen (secondary N) is 1. The van der Waals surface area contributed by atoms with E-state index in [0.717, 1.165) is 16.7 Å². The lowest BCUT2D eigenvalue weighted by Crippen LogP contribution is -2.27. The zero-order chi connectivity index (χ0) is 23.7. The number of benzodiazepines with no additional fused rings is 1. The van der Waals surface area contributed by atoms with E-state index in [4.69, 9.17) is 16.6 Å². The van der Waals surface area contributed by atoms with Gasteiger partial charge in [-0.3, -0.25) is 9.79 Å². The Bertz CT molecular complexity index is 1190. The normalized spacial score (nSPS) is 15.8. The molecular formula is C28H29ClN2O2. The number of benzene rings is 3. The fraction of sp³-hybridized carbons (Fsp3) is 0.286. The zero-order valence-corrected chi connectivity index (χ0v) is 20.1. The maximum atomic E-state index is 13.2. The standard InChI is InChI=1S/C28H29ClN2O2/c1-16(2)20-11-18(12-21(14-20)17(3)4)13-26-28(33)31-25-10-7-22(29)15-24(25)27(30-26)19-5-8-23(32)9-6-19/h5-12,14-17,26,32H,13H2,1-4H3,(H,31,33). The van der Waals surface area contributed by atoms with Gasteiger partial charge >= 0.3 is 0 Å². The van der Waals surface area contributed by atoms with Crippen LogP contribution in [-0.4, -0.2) is 22.8 Å². The van der Waals surface area contributed by atoms with E-state index in [1.165, 1.54) is 11.1 Å². The van der Waals surface area contributed by atoms with E-state index in [0.29, 0.717) is 34.7 Å². The summed E-state index contributed by atoms with van der Waals surface area (Å²) in [5, 5.41) is 13.4. The van der Waals surface area contributed by atoms with Gasteiger partial charge in [-0.2, -0.15) is 0 Å². The first-order chi connectivity index (χ1) is 15.7. The number of carbonyl (C=O) groups is 1. The third-order valence-corrected chi connectivity index (χ3v) is 6.26. The number of phenolic OH excluding ortho intramolecular Hbond substituents is 1. The summed E-state index contributed by atoms with van der Waals surface area (Å²) >= 11 is 6.30. The molecule has 0 bridgehead atoms. The van der Waals surface area contributed by atoms with Crippen LogP contribution < -0.4 is 5.32 Å². The van der Waals surface area contributed by atoms with Crippen molar-refractivity contribution in [1.29, 1.82) is 0 Å². The number of hydrogen-bond acceptors (Lipinski definition) is 3. The van der Waals surface area contributed by atoms with Crippen LogP contribution in [0.1, 0.15) is 67.3 Å². The number of rotatable bonds is 5. The molecule has 1 atom stereocenters. The summed E-state index contributed by atoms with van der Waals surface area (Å²) in [6.07, 6.45) is 0.495. The van der Waals surface area contributed by atoms with Crippen molar-refractivity contribution in [2.75, 3.05) is 5.32 Å². The summed E-state index contributed by atoms with van der Waals surface area (Å²) in [6, 6.07) is 18.3. The number of fused-ring (bicyclic) bond motifs is 1. The van der Waals surface area contributed by atoms with Crippen molar-refractivity contribution in [2.24, 2.45) is 4.99 Å². The van der Waals surface area contributed by atoms with E-state index in [1.807, 2.05) is 24.3 Å². The summed E-state index contributed by atoms with van der Waals surface area (Å²) < 4.78 is 0. The smallest absolute Gasteiger partial charge is 0.249 e. The predicted molar refractivity (Wildman–Crippen MR) is 136 cm³/mol. The van der Waals surface area contributed by atoms with Crippen molar-refractivity contribution in [3.05, 3.63) is 93.5 Å². The molecule has 3 aromatic carbocycles. The van der Waals surface area contributed by atoms with E-state index in [-0.39, 0.29) is 11.7 Å². The number of amides is 1. The van der Waals surface area contributed by atoms with E-state index >= 15 is 0 Å². The topological polar surface area (TPSA) is 61.7 Å². The fourth-order valence-electron chi connectivity index (χ4n) is 4.06. The molecular weight excluding hydrogens is 432 g/mol. The molecule has 1 heterocycles. The Morgan fingerprint density at radius 3 is 2.18 bits per heavy atom. The number of hydrogen-bond donors (Lipinski definition) is 2. The highest BCUT2D eigenvalue weighted by atomic mass is 35.5. The molecule has 4 nitrogen and oxygen atoms in total. The van der Waals surface area contributed by atoms with Crippen LogP contribution in [0.15, 0.2) is 65.7 Å². The Morgan fingerprint density at radius 1 is 0.939 bits per heavy atom. The molecule has 0 saturated carbocycles. The minimum Gasteiger partial charge on any atom is -0.508 e. The van der Waals surface area contributed by atoms with Gasteiger partial charge in [-0.1, -0.05) is 57.5 Å². The second-order valence-corrected chi connectivity index (χ2v) is 9.68. The summed E-state index contributed by atoms with van der Waals surface area (Å²) in [6.45, 7) is 8.73. The number of nitrogens with zero attached hydrogens (tertiary/aromatic N) is 1. The molecule has 5 heteroatoms. The minimum atomic E-state index is -0.595. The average Bonchev–Trinajstić information content (AvgIpc) is 2.90. The molecule has 0 spiro atoms. The van der Waals surface area contributed by atoms with Crippen molar-refractivity contribution in [3.63, 3.8) is 0 Å². The van der Waals surface area contributed by atoms with Gasteiger partial charge in [0.15, 0.2) is 0 Å². The van der Waals surface area contributed by atoms with E-state index in [2.05, 4.69) is 51.2 Å². The second-order valence-electron chi connectivity index (χ2n) is 9.24. The summed E-state index contributed by atoms with van der Waals surface area (Å²) in [5.74, 6) is 0.825. The van der Waals surface area contributed by atoms with Gasteiger partial charge in [0.05, 0.1) is 11.4 Å². The summed E-state index contributed by atoms with van der Waals surface area (Å²) in [7, 11) is 0. The van der Waals surface area contributed by atoms with Gasteiger partial charge in [0.1, 0.15) is 11.8 Å². The third-order valence-electron chi connectivity index (χ3n) is 6.02. The lowest BCUT2D eigenvalue weighted by atomic mass is 9.91. The Labute approximate surface area is 200 Å². The Hall–Kier alpha value is -3.11. The highest BCUT2D eigenvalue weighted by Gasteiger charge is 2.27. The van der Waals surface area contributed by atoms with Gasteiger partial charge in [0, 0.05) is 22.6 Å². The van der Waals surface area contributed by atoms with Gasteiger partial charge in [-0.15, -0.1) is 0 Å². The molecule has 1 aliphatic rings. The lowest BCUT2D eigenvalue weighted by molar-refractivity contribution is -0.117. The van der Waals surface area contributed by atoms with Crippen LogP contribution in [0.25, 0.3) is 0 Å². The Kier molecular flexibility index (Phi) is 6.57. The number of aromatic hydroxyl groups is 1. The first kappa shape index (κ1) is 23.1. The number of phenols is 1. The van der Waals surface area contributed by atoms with Crippen LogP contribution in [0.3, 0.4) is 0 Å². The SMILES string of the molecule is CC(C)c1cc(CC2N=C(c3ccc(O)cc3)c3cc(Cl)ccc3NC2=O)cc(C(C)C)c1. The second kappa shape index (κ2) is 9.40. The molecule has 4 rings (SSSR count). The monoisotopic (exact) mass is 460 g/mol. The van der Waals surface area contributed by atoms with Crippen molar-refractivity contribution in [3.8, 4) is 5.75 Å². The van der Waals surface area contributed by atoms with Crippen molar-refractivity contribution < 1.29 is 9.90 Å². The third kappa shape index (κ3) is 5.12. The van der Waals surface area contributed by atoms with Crippen LogP contribution in [0.4, 0.5) is 5.69 Å². The highest BCUT2D eigenvalue weighted by Crippen LogP contribution is 2.30. The van der Waals surface area contributed by atoms with Crippen molar-refractivity contribution in [2.45, 2.75) is 52.0 Å². The van der Waals surface area contributed by atoms with Gasteiger partial charge in [-0.25, -0.2) is 0 Å². The molecule has 0 aliphatic carbocycles. The van der Waals surface area contributed by atoms with Gasteiger partial charge in [-0.05, 0) is 71.0 Å².